The molecule has 3 heterocycles. The third kappa shape index (κ3) is 6.57. The predicted molar refractivity (Wildman–Crippen MR) is 137 cm³/mol. The van der Waals surface area contributed by atoms with Gasteiger partial charge in [0.15, 0.2) is 6.10 Å². The third-order valence-corrected chi connectivity index (χ3v) is 5.94. The first-order chi connectivity index (χ1) is 17.6. The Hall–Kier alpha value is -4.10. The van der Waals surface area contributed by atoms with Crippen LogP contribution in [0.2, 0.25) is 0 Å². The first kappa shape index (κ1) is 26.0. The number of benzene rings is 1. The molecule has 0 unspecified atom stereocenters. The summed E-state index contributed by atoms with van der Waals surface area (Å²) in [6, 6.07) is 12.3. The van der Waals surface area contributed by atoms with Gasteiger partial charge in [0, 0.05) is 43.6 Å². The van der Waals surface area contributed by atoms with E-state index in [9.17, 15) is 19.6 Å². The number of fused-ring (bicyclic) bond motifs is 1. The van der Waals surface area contributed by atoms with Crippen LogP contribution in [0.15, 0.2) is 53.6 Å². The summed E-state index contributed by atoms with van der Waals surface area (Å²) in [4.78, 5) is 38.9. The van der Waals surface area contributed by atoms with Crippen molar-refractivity contribution in [2.24, 2.45) is 0 Å². The lowest BCUT2D eigenvalue weighted by molar-refractivity contribution is -0.133. The van der Waals surface area contributed by atoms with Crippen molar-refractivity contribution < 1.29 is 19.1 Å². The number of aromatic nitrogens is 2. The topological polar surface area (TPSA) is 129 Å². The van der Waals surface area contributed by atoms with Crippen LogP contribution < -0.4 is 10.7 Å². The van der Waals surface area contributed by atoms with Crippen LogP contribution >= 0.6 is 0 Å². The van der Waals surface area contributed by atoms with Gasteiger partial charge in [0.1, 0.15) is 17.2 Å². The van der Waals surface area contributed by atoms with Crippen LogP contribution in [-0.2, 0) is 20.7 Å². The molecule has 10 heteroatoms. The lowest BCUT2D eigenvalue weighted by Crippen LogP contribution is -2.48. The Balaban J connectivity index is 1.38. The molecule has 0 bridgehead atoms. The van der Waals surface area contributed by atoms with Crippen molar-refractivity contribution in [2.45, 2.75) is 51.4 Å². The number of amides is 2. The highest BCUT2D eigenvalue weighted by Gasteiger charge is 2.31. The molecule has 1 aliphatic heterocycles. The van der Waals surface area contributed by atoms with E-state index < -0.39 is 29.7 Å². The molecule has 194 valence electrons. The molecule has 1 fully saturated rings. The monoisotopic (exact) mass is 505 g/mol. The molecule has 37 heavy (non-hydrogen) atoms. The highest BCUT2D eigenvalue weighted by Crippen LogP contribution is 2.22. The van der Waals surface area contributed by atoms with Crippen LogP contribution in [0.25, 0.3) is 16.6 Å². The van der Waals surface area contributed by atoms with Gasteiger partial charge in [-0.05, 0) is 44.4 Å². The molecule has 10 nitrogen and oxygen atoms in total. The van der Waals surface area contributed by atoms with E-state index in [1.54, 1.807) is 31.5 Å². The maximum Gasteiger partial charge on any atom is 0.410 e. The molecule has 2 aromatic heterocycles. The largest absolute Gasteiger partial charge is 0.444 e. The number of nitrogens with zero attached hydrogens (tertiary/aromatic N) is 3. The number of carbonyl (C=O) groups excluding carboxylic acids is 2. The van der Waals surface area contributed by atoms with Gasteiger partial charge in [-0.15, -0.1) is 0 Å². The van der Waals surface area contributed by atoms with Gasteiger partial charge in [-0.2, -0.15) is 5.26 Å². The van der Waals surface area contributed by atoms with Crippen molar-refractivity contribution in [1.29, 1.82) is 5.26 Å². The number of carbonyl (C=O) groups is 2. The summed E-state index contributed by atoms with van der Waals surface area (Å²) >= 11 is 0. The van der Waals surface area contributed by atoms with Gasteiger partial charge in [0.2, 0.25) is 5.43 Å². The maximum atomic E-state index is 12.9. The molecule has 4 rings (SSSR count). The van der Waals surface area contributed by atoms with Gasteiger partial charge >= 0.3 is 6.09 Å². The Morgan fingerprint density at radius 2 is 2.00 bits per heavy atom. The van der Waals surface area contributed by atoms with E-state index >= 15 is 0 Å². The fraction of sp³-hybridized carbons (Fsp3) is 0.407. The Labute approximate surface area is 214 Å². The van der Waals surface area contributed by atoms with Crippen molar-refractivity contribution in [1.82, 2.24) is 19.8 Å². The molecule has 0 aliphatic carbocycles. The highest BCUT2D eigenvalue weighted by molar-refractivity contribution is 5.82. The number of nitriles is 1. The van der Waals surface area contributed by atoms with Crippen molar-refractivity contribution in [2.75, 3.05) is 19.7 Å². The van der Waals surface area contributed by atoms with Crippen LogP contribution in [0, 0.1) is 11.3 Å². The number of rotatable bonds is 5. The Kier molecular flexibility index (Phi) is 7.64. The summed E-state index contributed by atoms with van der Waals surface area (Å²) in [6.45, 7) is 6.18. The number of hydrogen-bond donors (Lipinski definition) is 2. The summed E-state index contributed by atoms with van der Waals surface area (Å²) in [6.07, 6.45) is 2.95. The average Bonchev–Trinajstić information content (AvgIpc) is 3.13. The number of hydrogen-bond acceptors (Lipinski definition) is 6. The van der Waals surface area contributed by atoms with Gasteiger partial charge in [0.05, 0.1) is 12.6 Å². The molecule has 3 aromatic rings. The van der Waals surface area contributed by atoms with Crippen molar-refractivity contribution >= 4 is 17.5 Å². The number of ether oxygens (including phenoxy) is 2. The van der Waals surface area contributed by atoms with Gasteiger partial charge < -0.3 is 24.8 Å². The van der Waals surface area contributed by atoms with Gasteiger partial charge in [-0.3, -0.25) is 14.1 Å². The minimum absolute atomic E-state index is 0.0576. The van der Waals surface area contributed by atoms with Crippen LogP contribution in [0.1, 0.15) is 32.8 Å². The van der Waals surface area contributed by atoms with E-state index in [1.165, 1.54) is 11.0 Å². The van der Waals surface area contributed by atoms with E-state index in [1.807, 2.05) is 36.5 Å². The fourth-order valence-corrected chi connectivity index (χ4v) is 4.13. The summed E-state index contributed by atoms with van der Waals surface area (Å²) in [5.74, 6) is -0.441. The van der Waals surface area contributed by atoms with Gasteiger partial charge in [-0.1, -0.05) is 24.3 Å². The second-order valence-corrected chi connectivity index (χ2v) is 10.0. The minimum Gasteiger partial charge on any atom is -0.444 e. The zero-order valence-electron chi connectivity index (χ0n) is 21.2. The summed E-state index contributed by atoms with van der Waals surface area (Å²) < 4.78 is 12.8. The van der Waals surface area contributed by atoms with Crippen molar-refractivity contribution in [3.05, 3.63) is 64.6 Å². The molecule has 2 atom stereocenters. The lowest BCUT2D eigenvalue weighted by atomic mass is 10.0. The molecule has 2 amide bonds. The third-order valence-electron chi connectivity index (χ3n) is 5.94. The summed E-state index contributed by atoms with van der Waals surface area (Å²) in [5, 5.41) is 15.4. The predicted octanol–water partition coefficient (Wildman–Crippen LogP) is 2.87. The smallest absolute Gasteiger partial charge is 0.410 e. The number of H-pyrrole nitrogens is 1. The molecule has 2 N–H and O–H groups in total. The molecular weight excluding hydrogens is 474 g/mol. The molecule has 0 saturated carbocycles. The van der Waals surface area contributed by atoms with Crippen molar-refractivity contribution in [3.8, 4) is 17.2 Å². The zero-order chi connectivity index (χ0) is 26.6. The van der Waals surface area contributed by atoms with E-state index in [2.05, 4.69) is 16.5 Å². The normalized spacial score (nSPS) is 17.0. The Morgan fingerprint density at radius 3 is 2.68 bits per heavy atom. The van der Waals surface area contributed by atoms with Crippen LogP contribution in [0.5, 0.6) is 0 Å². The highest BCUT2D eigenvalue weighted by atomic mass is 16.6. The van der Waals surface area contributed by atoms with Gasteiger partial charge in [-0.25, -0.2) is 4.79 Å². The fourth-order valence-electron chi connectivity index (χ4n) is 4.13. The number of aromatic amines is 1. The SMILES string of the molecule is CC(C)(C)OC(=O)N1CCCO[C@H](C(=O)N[C@H](C#N)Cc2ccc(-c3cc4c(=O)cc[nH]n4c3)cc2)C1. The molecule has 0 spiro atoms. The van der Waals surface area contributed by atoms with E-state index in [-0.39, 0.29) is 12.0 Å². The van der Waals surface area contributed by atoms with Gasteiger partial charge in [0.25, 0.3) is 5.91 Å². The first-order valence-corrected chi connectivity index (χ1v) is 12.2. The van der Waals surface area contributed by atoms with E-state index in [4.69, 9.17) is 9.47 Å². The average molecular weight is 506 g/mol. The summed E-state index contributed by atoms with van der Waals surface area (Å²) in [5.41, 5.74) is 2.52. The number of nitrogens with one attached hydrogen (secondary N) is 2. The molecule has 1 aliphatic rings. The van der Waals surface area contributed by atoms with Crippen LogP contribution in [0.3, 0.4) is 0 Å². The lowest BCUT2D eigenvalue weighted by Gasteiger charge is -2.27. The minimum atomic E-state index is -0.889. The quantitative estimate of drug-likeness (QED) is 0.549. The standard InChI is InChI=1S/C27H31N5O5/c1-27(2,3)37-26(35)31-11-4-12-36-24(17-31)25(34)30-21(15-28)13-18-5-7-19(8-6-18)20-14-22-23(33)9-10-29-32(22)16-20/h5-10,14,16,21,24,29H,4,11-13,17H2,1-3H3,(H,30,34)/t21-,24-/m0/s1. The molecule has 1 saturated heterocycles. The van der Waals surface area contributed by atoms with E-state index in [0.717, 1.165) is 16.7 Å². The molecule has 0 radical (unpaired) electrons. The molecular formula is C27H31N5O5. The zero-order valence-corrected chi connectivity index (χ0v) is 21.2. The second kappa shape index (κ2) is 10.9. The van der Waals surface area contributed by atoms with Crippen molar-refractivity contribution in [3.63, 3.8) is 0 Å². The Morgan fingerprint density at radius 1 is 1.24 bits per heavy atom. The van der Waals surface area contributed by atoms with Crippen LogP contribution in [-0.4, -0.2) is 64.0 Å². The van der Waals surface area contributed by atoms with E-state index in [0.29, 0.717) is 31.5 Å². The first-order valence-electron chi connectivity index (χ1n) is 12.2. The Bertz CT molecular complexity index is 1360. The maximum absolute atomic E-state index is 12.9. The summed E-state index contributed by atoms with van der Waals surface area (Å²) in [7, 11) is 0. The second-order valence-electron chi connectivity index (χ2n) is 10.0. The van der Waals surface area contributed by atoms with Crippen LogP contribution in [0.4, 0.5) is 4.79 Å². The molecule has 1 aromatic carbocycles.